The summed E-state index contributed by atoms with van der Waals surface area (Å²) in [6, 6.07) is 0. The van der Waals surface area contributed by atoms with Crippen molar-refractivity contribution in [1.29, 1.82) is 0 Å². The predicted molar refractivity (Wildman–Crippen MR) is 73.3 cm³/mol. The van der Waals surface area contributed by atoms with Crippen LogP contribution in [0.25, 0.3) is 0 Å². The quantitative estimate of drug-likeness (QED) is 0.880. The minimum atomic E-state index is -0.497. The number of methoxy groups -OCH3 is 1. The van der Waals surface area contributed by atoms with E-state index in [9.17, 15) is 9.59 Å². The van der Waals surface area contributed by atoms with Crippen LogP contribution in [0.1, 0.15) is 25.0 Å². The number of halogens is 1. The van der Waals surface area contributed by atoms with E-state index in [1.165, 1.54) is 18.4 Å². The second-order valence-electron chi connectivity index (χ2n) is 3.43. The van der Waals surface area contributed by atoms with Gasteiger partial charge in [-0.3, -0.25) is 4.79 Å². The van der Waals surface area contributed by atoms with Crippen LogP contribution in [-0.2, 0) is 4.74 Å². The first-order chi connectivity index (χ1) is 9.02. The van der Waals surface area contributed by atoms with E-state index in [1.807, 2.05) is 0 Å². The van der Waals surface area contributed by atoms with Crippen LogP contribution < -0.4 is 5.32 Å². The van der Waals surface area contributed by atoms with E-state index in [4.69, 9.17) is 11.6 Å². The normalized spacial score (nSPS) is 10.3. The predicted octanol–water partition coefficient (Wildman–Crippen LogP) is 2.60. The highest BCUT2D eigenvalue weighted by Gasteiger charge is 2.20. The molecule has 0 unspecified atom stereocenters. The van der Waals surface area contributed by atoms with Gasteiger partial charge >= 0.3 is 5.97 Å². The molecule has 0 aliphatic rings. The fraction of sp³-hybridized carbons (Fsp3) is 0.200. The third kappa shape index (κ3) is 2.91. The zero-order valence-electron chi connectivity index (χ0n) is 9.89. The molecule has 0 aliphatic heterocycles. The highest BCUT2D eigenvalue weighted by molar-refractivity contribution is 7.17. The second-order valence-corrected chi connectivity index (χ2v) is 5.87. The van der Waals surface area contributed by atoms with Crippen molar-refractivity contribution in [3.8, 4) is 0 Å². The number of ether oxygens (including phenoxy) is 1. The van der Waals surface area contributed by atoms with Gasteiger partial charge in [0.1, 0.15) is 4.88 Å². The molecule has 0 radical (unpaired) electrons. The molecule has 100 valence electrons. The van der Waals surface area contributed by atoms with E-state index in [0.717, 1.165) is 16.9 Å². The number of nitrogens with zero attached hydrogens (tertiary/aromatic N) is 2. The Balaban J connectivity index is 2.26. The summed E-state index contributed by atoms with van der Waals surface area (Å²) in [5.74, 6) is -0.959. The minimum Gasteiger partial charge on any atom is -0.465 e. The zero-order chi connectivity index (χ0) is 14.0. The number of hydrogen-bond donors (Lipinski definition) is 1. The fourth-order valence-corrected chi connectivity index (χ4v) is 2.95. The average molecular weight is 318 g/mol. The summed E-state index contributed by atoms with van der Waals surface area (Å²) < 4.78 is 4.84. The first kappa shape index (κ1) is 13.9. The molecule has 2 aromatic rings. The van der Waals surface area contributed by atoms with Crippen molar-refractivity contribution in [2.24, 2.45) is 0 Å². The van der Waals surface area contributed by atoms with Gasteiger partial charge in [0.05, 0.1) is 12.8 Å². The van der Waals surface area contributed by atoms with Crippen molar-refractivity contribution in [2.75, 3.05) is 12.4 Å². The van der Waals surface area contributed by atoms with E-state index >= 15 is 0 Å². The van der Waals surface area contributed by atoms with Gasteiger partial charge in [-0.2, -0.15) is 0 Å². The lowest BCUT2D eigenvalue weighted by Gasteiger charge is -2.05. The van der Waals surface area contributed by atoms with E-state index in [-0.39, 0.29) is 9.47 Å². The maximum atomic E-state index is 11.9. The second kappa shape index (κ2) is 5.64. The molecule has 6 nitrogen and oxygen atoms in total. The van der Waals surface area contributed by atoms with Crippen LogP contribution in [0.15, 0.2) is 5.38 Å². The van der Waals surface area contributed by atoms with E-state index < -0.39 is 11.9 Å². The Morgan fingerprint density at radius 1 is 1.42 bits per heavy atom. The van der Waals surface area contributed by atoms with Crippen molar-refractivity contribution in [1.82, 2.24) is 10.2 Å². The Morgan fingerprint density at radius 3 is 2.74 bits per heavy atom. The molecular formula is C10H8ClN3O3S2. The van der Waals surface area contributed by atoms with Gasteiger partial charge in [-0.1, -0.05) is 11.3 Å². The standard InChI is InChI=1S/C10H8ClN3O3S2/c1-4-3-18-6(9(16)17-2)5(4)12-7(15)8-13-14-10(11)19-8/h3H,1-2H3,(H,12,15). The van der Waals surface area contributed by atoms with Crippen molar-refractivity contribution in [3.63, 3.8) is 0 Å². The highest BCUT2D eigenvalue weighted by Crippen LogP contribution is 2.29. The first-order valence-electron chi connectivity index (χ1n) is 4.99. The SMILES string of the molecule is COC(=O)c1scc(C)c1NC(=O)c1nnc(Cl)s1. The molecule has 2 rings (SSSR count). The van der Waals surface area contributed by atoms with E-state index in [0.29, 0.717) is 10.6 Å². The van der Waals surface area contributed by atoms with Gasteiger partial charge in [0.25, 0.3) is 5.91 Å². The smallest absolute Gasteiger partial charge is 0.350 e. The Hall–Kier alpha value is -1.51. The fourth-order valence-electron chi connectivity index (χ4n) is 1.31. The number of anilines is 1. The lowest BCUT2D eigenvalue weighted by molar-refractivity contribution is 0.0607. The third-order valence-electron chi connectivity index (χ3n) is 2.18. The molecule has 0 saturated carbocycles. The lowest BCUT2D eigenvalue weighted by Crippen LogP contribution is -2.14. The van der Waals surface area contributed by atoms with Crippen LogP contribution in [0.5, 0.6) is 0 Å². The number of thiophene rings is 1. The summed E-state index contributed by atoms with van der Waals surface area (Å²) in [7, 11) is 1.29. The molecule has 0 spiro atoms. The molecule has 2 heterocycles. The van der Waals surface area contributed by atoms with Gasteiger partial charge in [-0.05, 0) is 29.5 Å². The van der Waals surface area contributed by atoms with Crippen LogP contribution in [0.2, 0.25) is 4.47 Å². The van der Waals surface area contributed by atoms with Crippen LogP contribution in [0, 0.1) is 6.92 Å². The Kier molecular flexibility index (Phi) is 4.13. The number of amides is 1. The first-order valence-corrected chi connectivity index (χ1v) is 7.07. The zero-order valence-corrected chi connectivity index (χ0v) is 12.3. The molecular weight excluding hydrogens is 310 g/mol. The number of esters is 1. The van der Waals surface area contributed by atoms with Gasteiger partial charge in [0.15, 0.2) is 0 Å². The summed E-state index contributed by atoms with van der Waals surface area (Å²) in [4.78, 5) is 23.8. The Labute approximate surface area is 121 Å². The summed E-state index contributed by atoms with van der Waals surface area (Å²) in [6.45, 7) is 1.78. The van der Waals surface area contributed by atoms with Crippen LogP contribution in [0.3, 0.4) is 0 Å². The number of aryl methyl sites for hydroxylation is 1. The Morgan fingerprint density at radius 2 is 2.16 bits per heavy atom. The molecule has 0 aromatic carbocycles. The van der Waals surface area contributed by atoms with E-state index in [1.54, 1.807) is 12.3 Å². The molecule has 0 saturated heterocycles. The number of nitrogens with one attached hydrogen (secondary N) is 1. The van der Waals surface area contributed by atoms with Crippen molar-refractivity contribution < 1.29 is 14.3 Å². The van der Waals surface area contributed by atoms with Gasteiger partial charge in [0, 0.05) is 0 Å². The molecule has 2 aromatic heterocycles. The van der Waals surface area contributed by atoms with Crippen molar-refractivity contribution >= 4 is 51.8 Å². The molecule has 1 N–H and O–H groups in total. The van der Waals surface area contributed by atoms with Crippen LogP contribution in [-0.4, -0.2) is 29.2 Å². The van der Waals surface area contributed by atoms with Crippen LogP contribution >= 0.6 is 34.3 Å². The molecule has 1 amide bonds. The molecule has 0 aliphatic carbocycles. The average Bonchev–Trinajstić information content (AvgIpc) is 2.96. The largest absolute Gasteiger partial charge is 0.465 e. The number of aromatic nitrogens is 2. The third-order valence-corrected chi connectivity index (χ3v) is 4.27. The monoisotopic (exact) mass is 317 g/mol. The summed E-state index contributed by atoms with van der Waals surface area (Å²) in [5.41, 5.74) is 1.20. The highest BCUT2D eigenvalue weighted by atomic mass is 35.5. The Bertz CT molecular complexity index is 638. The summed E-state index contributed by atoms with van der Waals surface area (Å²) in [6.07, 6.45) is 0. The van der Waals surface area contributed by atoms with Crippen LogP contribution in [0.4, 0.5) is 5.69 Å². The lowest BCUT2D eigenvalue weighted by atomic mass is 10.2. The number of carbonyl (C=O) groups is 2. The molecule has 0 atom stereocenters. The summed E-state index contributed by atoms with van der Waals surface area (Å²) in [5, 5.41) is 11.7. The van der Waals surface area contributed by atoms with E-state index in [2.05, 4.69) is 20.3 Å². The molecule has 9 heteroatoms. The van der Waals surface area contributed by atoms with Crippen molar-refractivity contribution in [3.05, 3.63) is 25.3 Å². The maximum Gasteiger partial charge on any atom is 0.350 e. The van der Waals surface area contributed by atoms with Gasteiger partial charge in [-0.25, -0.2) is 4.79 Å². The maximum absolute atomic E-state index is 11.9. The summed E-state index contributed by atoms with van der Waals surface area (Å²) >= 11 is 7.78. The van der Waals surface area contributed by atoms with Gasteiger partial charge in [-0.15, -0.1) is 21.5 Å². The van der Waals surface area contributed by atoms with Crippen molar-refractivity contribution in [2.45, 2.75) is 6.92 Å². The number of hydrogen-bond acceptors (Lipinski definition) is 7. The number of rotatable bonds is 3. The molecule has 19 heavy (non-hydrogen) atoms. The van der Waals surface area contributed by atoms with Gasteiger partial charge in [0.2, 0.25) is 9.47 Å². The topological polar surface area (TPSA) is 81.2 Å². The minimum absolute atomic E-state index is 0.131. The van der Waals surface area contributed by atoms with Gasteiger partial charge < -0.3 is 10.1 Å². The number of carbonyl (C=O) groups excluding carboxylic acids is 2. The molecule has 0 fully saturated rings. The molecule has 0 bridgehead atoms.